The van der Waals surface area contributed by atoms with Crippen molar-refractivity contribution in [3.63, 3.8) is 0 Å². The lowest BCUT2D eigenvalue weighted by atomic mass is 9.47. The van der Waals surface area contributed by atoms with E-state index in [2.05, 4.69) is 49.4 Å². The lowest BCUT2D eigenvalue weighted by Gasteiger charge is -2.57. The summed E-state index contributed by atoms with van der Waals surface area (Å²) in [6, 6.07) is 2.19. The Morgan fingerprint density at radius 1 is 1.13 bits per heavy atom. The second-order valence-electron chi connectivity index (χ2n) is 10.6. The van der Waals surface area contributed by atoms with Crippen molar-refractivity contribution in [2.75, 3.05) is 6.61 Å². The molecule has 166 valence electrons. The van der Waals surface area contributed by atoms with Crippen molar-refractivity contribution in [3.8, 4) is 5.75 Å². The van der Waals surface area contributed by atoms with Gasteiger partial charge in [-0.15, -0.1) is 0 Å². The topological polar surface area (TPSA) is 51.2 Å². The molecule has 0 spiro atoms. The van der Waals surface area contributed by atoms with Crippen LogP contribution in [0, 0.1) is 28.6 Å². The van der Waals surface area contributed by atoms with Crippen LogP contribution in [0.5, 0.6) is 5.75 Å². The van der Waals surface area contributed by atoms with Crippen molar-refractivity contribution < 1.29 is 9.53 Å². The van der Waals surface area contributed by atoms with Gasteiger partial charge in [-0.05, 0) is 96.3 Å². The fourth-order valence-electron chi connectivity index (χ4n) is 7.40. The molecule has 4 aliphatic rings. The third-order valence-electron chi connectivity index (χ3n) is 9.09. The van der Waals surface area contributed by atoms with E-state index in [1.165, 1.54) is 42.4 Å². The maximum atomic E-state index is 12.1. The Balaban J connectivity index is 1.41. The number of hydrogen-bond acceptors (Lipinski definition) is 3. The number of allylic oxidation sites excluding steroid dienone is 3. The van der Waals surface area contributed by atoms with Gasteiger partial charge in [-0.2, -0.15) is 0 Å². The minimum absolute atomic E-state index is 0.168. The third kappa shape index (κ3) is 3.34. The zero-order valence-electron chi connectivity index (χ0n) is 19.2. The molecular formula is C27H36N2O2. The summed E-state index contributed by atoms with van der Waals surface area (Å²) in [6.07, 6.45) is 17.1. The van der Waals surface area contributed by atoms with Crippen LogP contribution in [0.3, 0.4) is 0 Å². The van der Waals surface area contributed by atoms with Crippen molar-refractivity contribution in [3.05, 3.63) is 41.9 Å². The Morgan fingerprint density at radius 2 is 2.00 bits per heavy atom. The molecule has 0 radical (unpaired) electrons. The molecule has 5 rings (SSSR count). The molecule has 1 amide bonds. The summed E-state index contributed by atoms with van der Waals surface area (Å²) in [5.74, 6) is 3.17. The van der Waals surface area contributed by atoms with Crippen molar-refractivity contribution in [2.24, 2.45) is 28.6 Å². The summed E-state index contributed by atoms with van der Waals surface area (Å²) in [5.41, 5.74) is 4.59. The molecule has 2 heterocycles. The van der Waals surface area contributed by atoms with E-state index in [0.717, 1.165) is 37.5 Å². The molecular weight excluding hydrogens is 384 g/mol. The van der Waals surface area contributed by atoms with Gasteiger partial charge in [0.25, 0.3) is 0 Å². The summed E-state index contributed by atoms with van der Waals surface area (Å²) >= 11 is 0. The number of aromatic nitrogens is 1. The molecule has 3 aliphatic carbocycles. The first-order valence-corrected chi connectivity index (χ1v) is 12.2. The van der Waals surface area contributed by atoms with Crippen LogP contribution in [-0.2, 0) is 4.79 Å². The Hall–Kier alpha value is -2.10. The second-order valence-corrected chi connectivity index (χ2v) is 10.6. The van der Waals surface area contributed by atoms with Gasteiger partial charge in [-0.3, -0.25) is 9.78 Å². The second kappa shape index (κ2) is 7.79. The quantitative estimate of drug-likeness (QED) is 0.660. The third-order valence-corrected chi connectivity index (χ3v) is 9.09. The molecule has 0 aromatic carbocycles. The highest BCUT2D eigenvalue weighted by atomic mass is 16.5. The number of nitrogens with zero attached hydrogens (tertiary/aromatic N) is 1. The fourth-order valence-corrected chi connectivity index (χ4v) is 7.40. The monoisotopic (exact) mass is 420 g/mol. The zero-order valence-corrected chi connectivity index (χ0v) is 19.2. The number of carbonyl (C=O) groups is 1. The molecule has 0 bridgehead atoms. The number of carbonyl (C=O) groups excluding carboxylic acids is 1. The molecule has 4 heteroatoms. The van der Waals surface area contributed by atoms with Crippen LogP contribution in [0.15, 0.2) is 36.3 Å². The lowest BCUT2D eigenvalue weighted by molar-refractivity contribution is -0.120. The van der Waals surface area contributed by atoms with Gasteiger partial charge in [0.15, 0.2) is 0 Å². The van der Waals surface area contributed by atoms with Crippen molar-refractivity contribution in [1.82, 2.24) is 10.3 Å². The molecule has 1 aliphatic heterocycles. The Labute approximate surface area is 186 Å². The van der Waals surface area contributed by atoms with Gasteiger partial charge in [-0.1, -0.05) is 26.8 Å². The van der Waals surface area contributed by atoms with Gasteiger partial charge < -0.3 is 10.1 Å². The Bertz CT molecular complexity index is 935. The fraction of sp³-hybridized carbons (Fsp3) is 0.630. The van der Waals surface area contributed by atoms with Crippen LogP contribution in [0.4, 0.5) is 0 Å². The van der Waals surface area contributed by atoms with E-state index in [-0.39, 0.29) is 16.7 Å². The van der Waals surface area contributed by atoms with Gasteiger partial charge in [-0.25, -0.2) is 0 Å². The number of nitrogens with one attached hydrogen (secondary N) is 1. The standard InChI is InChI=1S/C27H36N2O2/c1-4-13-31-20-14-18(15-28-17-20)22-7-8-23-21-6-5-19-16-29-25(30)10-12-26(19,2)24(21)9-11-27(22,23)3/h7,14-17,21,23-24H,4-6,8-13H2,1-3H3,(H,29,30)/t21?,23?,24?,26-,27+/m0/s1. The lowest BCUT2D eigenvalue weighted by Crippen LogP contribution is -2.48. The highest BCUT2D eigenvalue weighted by Gasteiger charge is 2.56. The summed E-state index contributed by atoms with van der Waals surface area (Å²) in [6.45, 7) is 7.81. The van der Waals surface area contributed by atoms with E-state index in [0.29, 0.717) is 18.3 Å². The minimum Gasteiger partial charge on any atom is -0.492 e. The Morgan fingerprint density at radius 3 is 2.84 bits per heavy atom. The van der Waals surface area contributed by atoms with Crippen molar-refractivity contribution in [2.45, 2.75) is 72.1 Å². The molecule has 1 aromatic rings. The van der Waals surface area contributed by atoms with Gasteiger partial charge in [0.05, 0.1) is 12.8 Å². The number of pyridine rings is 1. The Kier molecular flexibility index (Phi) is 5.22. The van der Waals surface area contributed by atoms with Crippen LogP contribution in [0.1, 0.15) is 77.7 Å². The van der Waals surface area contributed by atoms with Crippen LogP contribution in [0.2, 0.25) is 0 Å². The van der Waals surface area contributed by atoms with E-state index in [4.69, 9.17) is 4.74 Å². The predicted octanol–water partition coefficient (Wildman–Crippen LogP) is 5.90. The number of fused-ring (bicyclic) bond motifs is 5. The largest absolute Gasteiger partial charge is 0.492 e. The average Bonchev–Trinajstić information content (AvgIpc) is 3.05. The highest BCUT2D eigenvalue weighted by Crippen LogP contribution is 2.66. The number of hydrogen-bond donors (Lipinski definition) is 1. The van der Waals surface area contributed by atoms with Gasteiger partial charge in [0.1, 0.15) is 5.75 Å². The molecule has 2 saturated carbocycles. The normalized spacial score (nSPS) is 36.9. The molecule has 5 atom stereocenters. The van der Waals surface area contributed by atoms with Crippen LogP contribution in [-0.4, -0.2) is 17.5 Å². The first-order valence-electron chi connectivity index (χ1n) is 12.2. The van der Waals surface area contributed by atoms with Gasteiger partial charge in [0.2, 0.25) is 5.91 Å². The van der Waals surface area contributed by atoms with Crippen LogP contribution < -0.4 is 10.1 Å². The molecule has 3 unspecified atom stereocenters. The summed E-state index contributed by atoms with van der Waals surface area (Å²) in [7, 11) is 0. The summed E-state index contributed by atoms with van der Waals surface area (Å²) < 4.78 is 5.87. The molecule has 1 N–H and O–H groups in total. The molecule has 1 aromatic heterocycles. The summed E-state index contributed by atoms with van der Waals surface area (Å²) in [5, 5.41) is 3.04. The van der Waals surface area contributed by atoms with Gasteiger partial charge >= 0.3 is 0 Å². The maximum Gasteiger partial charge on any atom is 0.223 e. The van der Waals surface area contributed by atoms with E-state index in [1.54, 1.807) is 0 Å². The summed E-state index contributed by atoms with van der Waals surface area (Å²) in [4.78, 5) is 16.6. The molecule has 31 heavy (non-hydrogen) atoms. The molecule has 2 fully saturated rings. The van der Waals surface area contributed by atoms with E-state index in [9.17, 15) is 4.79 Å². The maximum absolute atomic E-state index is 12.1. The minimum atomic E-state index is 0.168. The van der Waals surface area contributed by atoms with Crippen LogP contribution >= 0.6 is 0 Å². The smallest absolute Gasteiger partial charge is 0.223 e. The zero-order chi connectivity index (χ0) is 21.6. The van der Waals surface area contributed by atoms with E-state index >= 15 is 0 Å². The first kappa shape index (κ1) is 20.8. The SMILES string of the molecule is CCCOc1cncc(C2=CCC3C4CCC5=CNC(=O)CC[C@]5(C)C4CC[C@]23C)c1. The highest BCUT2D eigenvalue weighted by molar-refractivity contribution is 5.77. The van der Waals surface area contributed by atoms with Crippen LogP contribution in [0.25, 0.3) is 5.57 Å². The van der Waals surface area contributed by atoms with E-state index < -0.39 is 0 Å². The number of amides is 1. The number of rotatable bonds is 4. The first-order chi connectivity index (χ1) is 15.0. The molecule has 4 nitrogen and oxygen atoms in total. The number of ether oxygens (including phenoxy) is 1. The average molecular weight is 421 g/mol. The van der Waals surface area contributed by atoms with Crippen molar-refractivity contribution in [1.29, 1.82) is 0 Å². The van der Waals surface area contributed by atoms with Gasteiger partial charge in [0, 0.05) is 18.8 Å². The van der Waals surface area contributed by atoms with Crippen molar-refractivity contribution >= 4 is 11.5 Å². The molecule has 0 saturated heterocycles. The predicted molar refractivity (Wildman–Crippen MR) is 123 cm³/mol. The van der Waals surface area contributed by atoms with E-state index in [1.807, 2.05) is 12.4 Å².